The van der Waals surface area contributed by atoms with Gasteiger partial charge >= 0.3 is 5.97 Å². The van der Waals surface area contributed by atoms with Gasteiger partial charge in [-0.1, -0.05) is 72.8 Å². The number of fused-ring (bicyclic) bond motifs is 1. The summed E-state index contributed by atoms with van der Waals surface area (Å²) in [5, 5.41) is 17.1. The first-order valence-electron chi connectivity index (χ1n) is 12.2. The van der Waals surface area contributed by atoms with E-state index in [0.717, 1.165) is 22.4 Å². The highest BCUT2D eigenvalue weighted by atomic mass is 16.4. The normalized spacial score (nSPS) is 25.1. The van der Waals surface area contributed by atoms with Gasteiger partial charge in [-0.05, 0) is 35.7 Å². The van der Waals surface area contributed by atoms with E-state index in [1.807, 2.05) is 91.9 Å². The van der Waals surface area contributed by atoms with Crippen LogP contribution in [-0.4, -0.2) is 46.4 Å². The molecule has 4 unspecified atom stereocenters. The van der Waals surface area contributed by atoms with Crippen molar-refractivity contribution in [1.82, 2.24) is 10.2 Å². The van der Waals surface area contributed by atoms with E-state index in [9.17, 15) is 19.5 Å². The number of hydrogen-bond acceptors (Lipinski definition) is 5. The number of carboxylic acid groups (broad SMARTS) is 1. The molecule has 4 atom stereocenters. The average molecular weight is 484 g/mol. The molecule has 2 saturated heterocycles. The van der Waals surface area contributed by atoms with Gasteiger partial charge in [0.2, 0.25) is 11.8 Å². The first kappa shape index (κ1) is 23.8. The Bertz CT molecular complexity index is 1280. The van der Waals surface area contributed by atoms with Crippen LogP contribution in [0.1, 0.15) is 22.7 Å². The van der Waals surface area contributed by atoms with Gasteiger partial charge in [-0.15, -0.1) is 0 Å². The summed E-state index contributed by atoms with van der Waals surface area (Å²) >= 11 is 0. The van der Waals surface area contributed by atoms with Crippen molar-refractivity contribution in [3.63, 3.8) is 0 Å². The van der Waals surface area contributed by atoms with Crippen LogP contribution in [0.25, 0.3) is 0 Å². The molecular weight excluding hydrogens is 454 g/mol. The van der Waals surface area contributed by atoms with Gasteiger partial charge in [0, 0.05) is 31.2 Å². The minimum absolute atomic E-state index is 0.0991. The van der Waals surface area contributed by atoms with Crippen molar-refractivity contribution in [1.29, 1.82) is 0 Å². The van der Waals surface area contributed by atoms with E-state index in [1.165, 1.54) is 4.90 Å². The molecule has 2 amide bonds. The molecule has 0 aliphatic carbocycles. The van der Waals surface area contributed by atoms with Crippen molar-refractivity contribution in [3.05, 3.63) is 102 Å². The molecule has 3 aromatic carbocycles. The number of hydrogen-bond donors (Lipinski definition) is 3. The Morgan fingerprint density at radius 3 is 2.25 bits per heavy atom. The molecule has 5 rings (SSSR count). The van der Waals surface area contributed by atoms with E-state index in [0.29, 0.717) is 6.54 Å². The number of imide groups is 1. The van der Waals surface area contributed by atoms with Gasteiger partial charge in [0.15, 0.2) is 0 Å². The summed E-state index contributed by atoms with van der Waals surface area (Å²) in [5.41, 5.74) is 1.86. The maximum atomic E-state index is 13.8. The fourth-order valence-electron chi connectivity index (χ4n) is 5.71. The lowest BCUT2D eigenvalue weighted by Crippen LogP contribution is -2.57. The molecule has 2 aliphatic rings. The Kier molecular flexibility index (Phi) is 6.33. The van der Waals surface area contributed by atoms with E-state index in [1.54, 1.807) is 0 Å². The zero-order chi connectivity index (χ0) is 25.3. The molecule has 184 valence electrons. The maximum Gasteiger partial charge on any atom is 0.325 e. The molecule has 2 heterocycles. The van der Waals surface area contributed by atoms with Crippen LogP contribution in [0.2, 0.25) is 0 Å². The topological polar surface area (TPSA) is 98.7 Å². The number of nitrogens with one attached hydrogen (secondary N) is 2. The molecular formula is C29H29N3O4. The highest BCUT2D eigenvalue weighted by Gasteiger charge is 2.68. The highest BCUT2D eigenvalue weighted by molar-refractivity contribution is 6.09. The van der Waals surface area contributed by atoms with E-state index < -0.39 is 35.3 Å². The zero-order valence-electron chi connectivity index (χ0n) is 20.1. The monoisotopic (exact) mass is 483 g/mol. The van der Waals surface area contributed by atoms with Crippen LogP contribution in [-0.2, 0) is 20.8 Å². The Labute approximate surface area is 210 Å². The minimum atomic E-state index is -1.60. The average Bonchev–Trinajstić information content (AvgIpc) is 3.35. The number of nitrogens with zero attached hydrogens (tertiary/aromatic N) is 1. The standard InChI is InChI=1S/C29H29N3O4/c1-19-10-8-9-15-22(19)25-23-24(29(31-25,28(35)36)18-20-11-4-2-5-12-20)27(34)32(26(23)33)17-16-30-21-13-6-3-7-14-21/h2-15,23-25,30-31H,16-18H2,1H3,(H,35,36). The fourth-order valence-corrected chi connectivity index (χ4v) is 5.71. The lowest BCUT2D eigenvalue weighted by molar-refractivity contribution is -0.151. The Balaban J connectivity index is 1.51. The smallest absolute Gasteiger partial charge is 0.325 e. The van der Waals surface area contributed by atoms with E-state index in [-0.39, 0.29) is 18.9 Å². The van der Waals surface area contributed by atoms with E-state index in [2.05, 4.69) is 10.6 Å². The van der Waals surface area contributed by atoms with E-state index >= 15 is 0 Å². The number of likely N-dealkylation sites (tertiary alicyclic amines) is 1. The summed E-state index contributed by atoms with van der Waals surface area (Å²) < 4.78 is 0. The van der Waals surface area contributed by atoms with Crippen LogP contribution in [0, 0.1) is 18.8 Å². The number of aliphatic carboxylic acids is 1. The van der Waals surface area contributed by atoms with Gasteiger partial charge in [0.1, 0.15) is 5.54 Å². The number of rotatable bonds is 8. The van der Waals surface area contributed by atoms with Gasteiger partial charge in [-0.2, -0.15) is 0 Å². The molecule has 0 aromatic heterocycles. The van der Waals surface area contributed by atoms with Crippen molar-refractivity contribution in [3.8, 4) is 0 Å². The number of anilines is 1. The number of amides is 2. The van der Waals surface area contributed by atoms with Crippen molar-refractivity contribution in [2.24, 2.45) is 11.8 Å². The molecule has 3 aromatic rings. The summed E-state index contributed by atoms with van der Waals surface area (Å²) in [7, 11) is 0. The van der Waals surface area contributed by atoms with E-state index in [4.69, 9.17) is 0 Å². The van der Waals surface area contributed by atoms with Crippen LogP contribution >= 0.6 is 0 Å². The van der Waals surface area contributed by atoms with Crippen LogP contribution < -0.4 is 10.6 Å². The third kappa shape index (κ3) is 4.05. The van der Waals surface area contributed by atoms with Crippen LogP contribution in [0.15, 0.2) is 84.9 Å². The summed E-state index contributed by atoms with van der Waals surface area (Å²) in [5.74, 6) is -3.68. The Morgan fingerprint density at radius 2 is 1.58 bits per heavy atom. The molecule has 0 bridgehead atoms. The van der Waals surface area contributed by atoms with Crippen molar-refractivity contribution in [2.45, 2.75) is 24.9 Å². The number of benzene rings is 3. The Morgan fingerprint density at radius 1 is 0.944 bits per heavy atom. The van der Waals surface area contributed by atoms with Crippen molar-refractivity contribution < 1.29 is 19.5 Å². The largest absolute Gasteiger partial charge is 0.480 e. The Hall–Kier alpha value is -3.97. The predicted molar refractivity (Wildman–Crippen MR) is 136 cm³/mol. The molecule has 7 nitrogen and oxygen atoms in total. The highest BCUT2D eigenvalue weighted by Crippen LogP contribution is 2.50. The van der Waals surface area contributed by atoms with Gasteiger partial charge in [-0.25, -0.2) is 0 Å². The first-order chi connectivity index (χ1) is 17.4. The summed E-state index contributed by atoms with van der Waals surface area (Å²) in [6, 6.07) is 25.8. The van der Waals surface area contributed by atoms with Gasteiger partial charge in [-0.3, -0.25) is 24.6 Å². The second-order valence-corrected chi connectivity index (χ2v) is 9.54. The zero-order valence-corrected chi connectivity index (χ0v) is 20.1. The van der Waals surface area contributed by atoms with Crippen molar-refractivity contribution >= 4 is 23.5 Å². The summed E-state index contributed by atoms with van der Waals surface area (Å²) in [6.45, 7) is 2.48. The lowest BCUT2D eigenvalue weighted by atomic mass is 9.76. The third-order valence-corrected chi connectivity index (χ3v) is 7.41. The molecule has 0 saturated carbocycles. The van der Waals surface area contributed by atoms with Gasteiger partial charge in [0.25, 0.3) is 0 Å². The molecule has 7 heteroatoms. The number of carbonyl (C=O) groups excluding carboxylic acids is 2. The van der Waals surface area contributed by atoms with Crippen LogP contribution in [0.3, 0.4) is 0 Å². The van der Waals surface area contributed by atoms with Gasteiger partial charge in [0.05, 0.1) is 11.8 Å². The van der Waals surface area contributed by atoms with Crippen LogP contribution in [0.4, 0.5) is 5.69 Å². The summed E-state index contributed by atoms with van der Waals surface area (Å²) in [4.78, 5) is 41.7. The molecule has 36 heavy (non-hydrogen) atoms. The van der Waals surface area contributed by atoms with Crippen molar-refractivity contribution in [2.75, 3.05) is 18.4 Å². The number of carboxylic acids is 1. The molecule has 2 aliphatic heterocycles. The first-order valence-corrected chi connectivity index (χ1v) is 12.2. The SMILES string of the molecule is Cc1ccccc1C1NC(Cc2ccccc2)(C(=O)O)C2C(=O)N(CCNc3ccccc3)C(=O)C12. The molecule has 2 fully saturated rings. The fraction of sp³-hybridized carbons (Fsp3) is 0.276. The number of carbonyl (C=O) groups is 3. The second kappa shape index (κ2) is 9.59. The minimum Gasteiger partial charge on any atom is -0.480 e. The van der Waals surface area contributed by atoms with Gasteiger partial charge < -0.3 is 10.4 Å². The summed E-state index contributed by atoms with van der Waals surface area (Å²) in [6.07, 6.45) is 0.0991. The maximum absolute atomic E-state index is 13.8. The second-order valence-electron chi connectivity index (χ2n) is 9.54. The number of para-hydroxylation sites is 1. The molecule has 0 radical (unpaired) electrons. The predicted octanol–water partition coefficient (Wildman–Crippen LogP) is 3.42. The lowest BCUT2D eigenvalue weighted by Gasteiger charge is -2.31. The molecule has 3 N–H and O–H groups in total. The van der Waals surface area contributed by atoms with Crippen LogP contribution in [0.5, 0.6) is 0 Å². The number of aryl methyl sites for hydroxylation is 1. The third-order valence-electron chi connectivity index (χ3n) is 7.41. The quantitative estimate of drug-likeness (QED) is 0.425. The molecule has 0 spiro atoms.